The summed E-state index contributed by atoms with van der Waals surface area (Å²) in [7, 11) is 3.18. The quantitative estimate of drug-likeness (QED) is 0.559. The summed E-state index contributed by atoms with van der Waals surface area (Å²) in [6.45, 7) is 1.21. The molecule has 2 aromatic rings. The fourth-order valence-corrected chi connectivity index (χ4v) is 2.42. The lowest BCUT2D eigenvalue weighted by atomic mass is 10.2. The summed E-state index contributed by atoms with van der Waals surface area (Å²) in [5.74, 6) is 0.222. The maximum atomic E-state index is 12.2. The molecule has 144 valence electrons. The minimum atomic E-state index is -0.214. The minimum absolute atomic E-state index is 0.0664. The van der Waals surface area contributed by atoms with E-state index in [9.17, 15) is 9.59 Å². The second-order valence-electron chi connectivity index (χ2n) is 5.79. The number of nitrogens with one attached hydrogen (secondary N) is 3. The van der Waals surface area contributed by atoms with E-state index in [0.717, 1.165) is 6.42 Å². The number of benzene rings is 2. The molecule has 3 N–H and O–H groups in total. The van der Waals surface area contributed by atoms with Crippen LogP contribution in [0.4, 0.5) is 11.4 Å². The molecule has 2 amide bonds. The Bertz CT molecular complexity index is 764. The first kappa shape index (κ1) is 20.3. The molecule has 0 aliphatic carbocycles. The summed E-state index contributed by atoms with van der Waals surface area (Å²) in [5, 5.41) is 8.64. The topological polar surface area (TPSA) is 88.7 Å². The fourth-order valence-electron chi connectivity index (χ4n) is 2.42. The number of rotatable bonds is 10. The van der Waals surface area contributed by atoms with E-state index in [2.05, 4.69) is 16.0 Å². The summed E-state index contributed by atoms with van der Waals surface area (Å²) in [5.41, 5.74) is 1.83. The van der Waals surface area contributed by atoms with Crippen molar-refractivity contribution in [2.24, 2.45) is 0 Å². The smallest absolute Gasteiger partial charge is 0.251 e. The Labute approximate surface area is 159 Å². The molecular weight excluding hydrogens is 346 g/mol. The largest absolute Gasteiger partial charge is 0.495 e. The standard InChI is InChI=1S/C20H25N3O4/c1-26-12-6-11-21-20(25)15-7-5-8-16(13-15)22-14-19(24)23-17-9-3-4-10-18(17)27-2/h3-5,7-10,13,22H,6,11-12,14H2,1-2H3,(H,21,25)(H,23,24). The molecule has 7 heteroatoms. The molecule has 0 spiro atoms. The maximum Gasteiger partial charge on any atom is 0.251 e. The zero-order valence-corrected chi connectivity index (χ0v) is 15.6. The molecule has 27 heavy (non-hydrogen) atoms. The van der Waals surface area contributed by atoms with Gasteiger partial charge in [0.05, 0.1) is 19.3 Å². The summed E-state index contributed by atoms with van der Waals surface area (Å²) >= 11 is 0. The van der Waals surface area contributed by atoms with Crippen molar-refractivity contribution in [3.63, 3.8) is 0 Å². The van der Waals surface area contributed by atoms with Crippen LogP contribution in [0.3, 0.4) is 0 Å². The second kappa shape index (κ2) is 10.8. The van der Waals surface area contributed by atoms with Gasteiger partial charge in [0.2, 0.25) is 5.91 Å². The Morgan fingerprint density at radius 3 is 2.63 bits per heavy atom. The molecule has 0 atom stereocenters. The van der Waals surface area contributed by atoms with Gasteiger partial charge in [-0.15, -0.1) is 0 Å². The average Bonchev–Trinajstić information content (AvgIpc) is 2.70. The van der Waals surface area contributed by atoms with Gasteiger partial charge < -0.3 is 25.4 Å². The molecule has 0 aliphatic rings. The molecule has 0 unspecified atom stereocenters. The fraction of sp³-hybridized carbons (Fsp3) is 0.300. The van der Waals surface area contributed by atoms with Crippen LogP contribution in [0.2, 0.25) is 0 Å². The van der Waals surface area contributed by atoms with Gasteiger partial charge in [0.1, 0.15) is 5.75 Å². The first-order valence-corrected chi connectivity index (χ1v) is 8.68. The van der Waals surface area contributed by atoms with Gasteiger partial charge in [-0.1, -0.05) is 18.2 Å². The van der Waals surface area contributed by atoms with Gasteiger partial charge in [0.25, 0.3) is 5.91 Å². The number of carbonyl (C=O) groups excluding carboxylic acids is 2. The normalized spacial score (nSPS) is 10.1. The van der Waals surface area contributed by atoms with E-state index in [1.807, 2.05) is 12.1 Å². The number of methoxy groups -OCH3 is 2. The van der Waals surface area contributed by atoms with Crippen molar-refractivity contribution in [3.8, 4) is 5.75 Å². The van der Waals surface area contributed by atoms with Crippen molar-refractivity contribution in [1.29, 1.82) is 0 Å². The SMILES string of the molecule is COCCCNC(=O)c1cccc(NCC(=O)Nc2ccccc2OC)c1. The first-order chi connectivity index (χ1) is 13.1. The zero-order chi connectivity index (χ0) is 19.5. The van der Waals surface area contributed by atoms with E-state index in [1.165, 1.54) is 0 Å². The van der Waals surface area contributed by atoms with E-state index in [-0.39, 0.29) is 18.4 Å². The van der Waals surface area contributed by atoms with Crippen molar-refractivity contribution in [2.75, 3.05) is 44.5 Å². The Kier molecular flexibility index (Phi) is 8.12. The predicted molar refractivity (Wildman–Crippen MR) is 105 cm³/mol. The number of amides is 2. The van der Waals surface area contributed by atoms with Crippen molar-refractivity contribution < 1.29 is 19.1 Å². The monoisotopic (exact) mass is 371 g/mol. The molecule has 0 aliphatic heterocycles. The van der Waals surface area contributed by atoms with Crippen LogP contribution in [0.25, 0.3) is 0 Å². The molecule has 2 aromatic carbocycles. The first-order valence-electron chi connectivity index (χ1n) is 8.68. The molecule has 2 rings (SSSR count). The summed E-state index contributed by atoms with van der Waals surface area (Å²) in [6.07, 6.45) is 0.753. The highest BCUT2D eigenvalue weighted by Gasteiger charge is 2.08. The number of carbonyl (C=O) groups is 2. The van der Waals surface area contributed by atoms with Crippen molar-refractivity contribution in [1.82, 2.24) is 5.32 Å². The van der Waals surface area contributed by atoms with Crippen molar-refractivity contribution in [3.05, 3.63) is 54.1 Å². The summed E-state index contributed by atoms with van der Waals surface area (Å²) < 4.78 is 10.2. The van der Waals surface area contributed by atoms with Crippen LogP contribution in [0.15, 0.2) is 48.5 Å². The van der Waals surface area contributed by atoms with Crippen LogP contribution in [0.1, 0.15) is 16.8 Å². The van der Waals surface area contributed by atoms with E-state index >= 15 is 0 Å². The number of ether oxygens (including phenoxy) is 2. The third-order valence-electron chi connectivity index (χ3n) is 3.77. The van der Waals surface area contributed by atoms with Crippen LogP contribution < -0.4 is 20.7 Å². The van der Waals surface area contributed by atoms with Gasteiger partial charge in [-0.25, -0.2) is 0 Å². The van der Waals surface area contributed by atoms with Crippen LogP contribution in [0.5, 0.6) is 5.75 Å². The Hall–Kier alpha value is -3.06. The van der Waals surface area contributed by atoms with Gasteiger partial charge in [-0.05, 0) is 36.8 Å². The van der Waals surface area contributed by atoms with Gasteiger partial charge in [-0.3, -0.25) is 9.59 Å². The van der Waals surface area contributed by atoms with E-state index in [1.54, 1.807) is 50.6 Å². The minimum Gasteiger partial charge on any atom is -0.495 e. The van der Waals surface area contributed by atoms with Gasteiger partial charge in [-0.2, -0.15) is 0 Å². The van der Waals surface area contributed by atoms with Crippen LogP contribution >= 0.6 is 0 Å². The van der Waals surface area contributed by atoms with Crippen molar-refractivity contribution >= 4 is 23.2 Å². The average molecular weight is 371 g/mol. The molecule has 0 saturated carbocycles. The van der Waals surface area contributed by atoms with Crippen LogP contribution in [0, 0.1) is 0 Å². The Morgan fingerprint density at radius 1 is 1.04 bits per heavy atom. The number of hydrogen-bond acceptors (Lipinski definition) is 5. The zero-order valence-electron chi connectivity index (χ0n) is 15.6. The molecule has 0 radical (unpaired) electrons. The third-order valence-corrected chi connectivity index (χ3v) is 3.77. The molecule has 0 fully saturated rings. The van der Waals surface area contributed by atoms with Crippen LogP contribution in [-0.2, 0) is 9.53 Å². The van der Waals surface area contributed by atoms with Gasteiger partial charge >= 0.3 is 0 Å². The molecule has 0 saturated heterocycles. The number of hydrogen-bond donors (Lipinski definition) is 3. The molecule has 0 heterocycles. The number of anilines is 2. The second-order valence-corrected chi connectivity index (χ2v) is 5.79. The lowest BCUT2D eigenvalue weighted by Gasteiger charge is -2.11. The highest BCUT2D eigenvalue weighted by molar-refractivity contribution is 5.96. The molecular formula is C20H25N3O4. The lowest BCUT2D eigenvalue weighted by Crippen LogP contribution is -2.25. The van der Waals surface area contributed by atoms with Crippen LogP contribution in [-0.4, -0.2) is 45.7 Å². The van der Waals surface area contributed by atoms with Gasteiger partial charge in [0.15, 0.2) is 0 Å². The molecule has 0 bridgehead atoms. The van der Waals surface area contributed by atoms with E-state index in [4.69, 9.17) is 9.47 Å². The summed E-state index contributed by atoms with van der Waals surface area (Å²) in [6, 6.07) is 14.2. The predicted octanol–water partition coefficient (Wildman–Crippen LogP) is 2.51. The van der Waals surface area contributed by atoms with Crippen molar-refractivity contribution in [2.45, 2.75) is 6.42 Å². The highest BCUT2D eigenvalue weighted by atomic mass is 16.5. The molecule has 0 aromatic heterocycles. The Balaban J connectivity index is 1.86. The molecule has 7 nitrogen and oxygen atoms in total. The van der Waals surface area contributed by atoms with E-state index < -0.39 is 0 Å². The lowest BCUT2D eigenvalue weighted by molar-refractivity contribution is -0.114. The maximum absolute atomic E-state index is 12.2. The summed E-state index contributed by atoms with van der Waals surface area (Å²) in [4.78, 5) is 24.3. The third kappa shape index (κ3) is 6.63. The highest BCUT2D eigenvalue weighted by Crippen LogP contribution is 2.22. The Morgan fingerprint density at radius 2 is 1.85 bits per heavy atom. The van der Waals surface area contributed by atoms with Gasteiger partial charge in [0, 0.05) is 31.5 Å². The number of para-hydroxylation sites is 2. The van der Waals surface area contributed by atoms with E-state index in [0.29, 0.717) is 35.8 Å².